The maximum absolute atomic E-state index is 11.1. The minimum atomic E-state index is -0.659. The first kappa shape index (κ1) is 20.1. The molecule has 4 aliphatic rings. The molecule has 0 heterocycles. The number of nitrogens with zero attached hydrogens (tertiary/aromatic N) is 1. The predicted octanol–water partition coefficient (Wildman–Crippen LogP) is 6.20. The molecule has 156 valence electrons. The number of hydrogen-bond donors (Lipinski definition) is 1. The van der Waals surface area contributed by atoms with E-state index >= 15 is 0 Å². The van der Waals surface area contributed by atoms with Crippen molar-refractivity contribution < 1.29 is 9.90 Å². The van der Waals surface area contributed by atoms with Gasteiger partial charge in [0.05, 0.1) is 6.04 Å². The van der Waals surface area contributed by atoms with Crippen molar-refractivity contribution in [1.82, 2.24) is 0 Å². The van der Waals surface area contributed by atoms with Crippen LogP contribution in [0.15, 0.2) is 16.8 Å². The van der Waals surface area contributed by atoms with E-state index in [2.05, 4.69) is 32.0 Å². The molecule has 0 aliphatic heterocycles. The standard InChI is InChI=1S/C24H37NO3/c1-15(4-9-22(26)27)19-7-8-20-18-6-5-16-14-17(25-28)10-12-23(16,2)21(18)11-13-24(19,20)3/h5,15,17-21H,4,6-14H2,1-3H3,(H,26,27)/t15-,17-,18?,19-,20?,21?,23+,24-/m1/s1. The number of nitroso groups, excluding NO2 is 1. The summed E-state index contributed by atoms with van der Waals surface area (Å²) < 4.78 is 0. The summed E-state index contributed by atoms with van der Waals surface area (Å²) >= 11 is 0. The second-order valence-electron chi connectivity index (χ2n) is 10.9. The highest BCUT2D eigenvalue weighted by Gasteiger charge is 2.59. The summed E-state index contributed by atoms with van der Waals surface area (Å²) in [6.45, 7) is 7.29. The van der Waals surface area contributed by atoms with E-state index in [1.165, 1.54) is 37.7 Å². The van der Waals surface area contributed by atoms with Gasteiger partial charge >= 0.3 is 5.97 Å². The van der Waals surface area contributed by atoms with Gasteiger partial charge in [0.15, 0.2) is 0 Å². The maximum atomic E-state index is 11.1. The van der Waals surface area contributed by atoms with Crippen molar-refractivity contribution in [1.29, 1.82) is 0 Å². The van der Waals surface area contributed by atoms with Gasteiger partial charge in [-0.15, -0.1) is 0 Å². The smallest absolute Gasteiger partial charge is 0.303 e. The van der Waals surface area contributed by atoms with Crippen LogP contribution >= 0.6 is 0 Å². The monoisotopic (exact) mass is 387 g/mol. The lowest BCUT2D eigenvalue weighted by molar-refractivity contribution is -0.137. The van der Waals surface area contributed by atoms with Crippen molar-refractivity contribution in [3.63, 3.8) is 0 Å². The molecule has 1 N–H and O–H groups in total. The molecule has 0 aromatic heterocycles. The molecule has 3 unspecified atom stereocenters. The van der Waals surface area contributed by atoms with Gasteiger partial charge < -0.3 is 5.11 Å². The van der Waals surface area contributed by atoms with Crippen LogP contribution in [0, 0.1) is 45.3 Å². The van der Waals surface area contributed by atoms with E-state index in [9.17, 15) is 9.70 Å². The second kappa shape index (κ2) is 7.25. The Kier molecular flexibility index (Phi) is 5.20. The Hall–Kier alpha value is -1.19. The summed E-state index contributed by atoms with van der Waals surface area (Å²) in [5, 5.41) is 12.5. The molecule has 0 bridgehead atoms. The van der Waals surface area contributed by atoms with Crippen molar-refractivity contribution in [2.75, 3.05) is 0 Å². The molecule has 4 nitrogen and oxygen atoms in total. The summed E-state index contributed by atoms with van der Waals surface area (Å²) in [7, 11) is 0. The third-order valence-electron chi connectivity index (χ3n) is 9.80. The Balaban J connectivity index is 1.54. The number of fused-ring (bicyclic) bond motifs is 5. The Morgan fingerprint density at radius 1 is 1.21 bits per heavy atom. The normalized spacial score (nSPS) is 46.0. The zero-order valence-corrected chi connectivity index (χ0v) is 17.8. The molecule has 0 amide bonds. The van der Waals surface area contributed by atoms with E-state index < -0.39 is 5.97 Å². The highest BCUT2D eigenvalue weighted by molar-refractivity contribution is 5.66. The van der Waals surface area contributed by atoms with Gasteiger partial charge in [-0.3, -0.25) is 4.79 Å². The number of allylic oxidation sites excluding steroid dienone is 1. The molecule has 4 heteroatoms. The molecule has 0 aromatic carbocycles. The van der Waals surface area contributed by atoms with Gasteiger partial charge in [0.2, 0.25) is 0 Å². The molecule has 28 heavy (non-hydrogen) atoms. The third-order valence-corrected chi connectivity index (χ3v) is 9.80. The van der Waals surface area contributed by atoms with Gasteiger partial charge in [0.1, 0.15) is 0 Å². The van der Waals surface area contributed by atoms with Crippen LogP contribution in [-0.2, 0) is 4.79 Å². The highest BCUT2D eigenvalue weighted by Crippen LogP contribution is 2.67. The minimum Gasteiger partial charge on any atom is -0.481 e. The fraction of sp³-hybridized carbons (Fsp3) is 0.875. The van der Waals surface area contributed by atoms with E-state index in [0.29, 0.717) is 23.7 Å². The zero-order valence-electron chi connectivity index (χ0n) is 17.8. The average molecular weight is 388 g/mol. The molecule has 0 spiro atoms. The minimum absolute atomic E-state index is 0.00400. The molecule has 4 rings (SSSR count). The highest BCUT2D eigenvalue weighted by atomic mass is 16.4. The van der Waals surface area contributed by atoms with Crippen LogP contribution in [0.25, 0.3) is 0 Å². The summed E-state index contributed by atoms with van der Waals surface area (Å²) in [6.07, 6.45) is 12.9. The first-order valence-corrected chi connectivity index (χ1v) is 11.5. The van der Waals surface area contributed by atoms with Gasteiger partial charge in [-0.25, -0.2) is 0 Å². The molecule has 3 fully saturated rings. The van der Waals surface area contributed by atoms with Crippen LogP contribution in [0.4, 0.5) is 0 Å². The summed E-state index contributed by atoms with van der Waals surface area (Å²) in [6, 6.07) is -0.00400. The molecular formula is C24H37NO3. The molecule has 4 aliphatic carbocycles. The van der Waals surface area contributed by atoms with Crippen molar-refractivity contribution in [2.24, 2.45) is 45.6 Å². The Morgan fingerprint density at radius 2 is 2.00 bits per heavy atom. The fourth-order valence-electron chi connectivity index (χ4n) is 8.26. The SMILES string of the molecule is C[C@H](CCC(=O)O)[C@H]1CCC2C3CC=C4C[C@H](N=O)CC[C@]4(C)C3CC[C@@]21C. The molecular weight excluding hydrogens is 350 g/mol. The first-order chi connectivity index (χ1) is 13.3. The summed E-state index contributed by atoms with van der Waals surface area (Å²) in [5.74, 6) is 2.82. The van der Waals surface area contributed by atoms with E-state index in [4.69, 9.17) is 5.11 Å². The van der Waals surface area contributed by atoms with E-state index in [1.807, 2.05) is 0 Å². The molecule has 8 atom stereocenters. The quantitative estimate of drug-likeness (QED) is 0.451. The Labute approximate surface area is 169 Å². The van der Waals surface area contributed by atoms with Crippen LogP contribution in [-0.4, -0.2) is 17.1 Å². The van der Waals surface area contributed by atoms with Crippen LogP contribution in [0.1, 0.15) is 85.0 Å². The average Bonchev–Trinajstić information content (AvgIpc) is 3.02. The van der Waals surface area contributed by atoms with Crippen molar-refractivity contribution >= 4 is 5.97 Å². The third kappa shape index (κ3) is 3.06. The van der Waals surface area contributed by atoms with Crippen LogP contribution in [0.3, 0.4) is 0 Å². The number of carbonyl (C=O) groups is 1. The topological polar surface area (TPSA) is 66.7 Å². The van der Waals surface area contributed by atoms with Crippen molar-refractivity contribution in [3.05, 3.63) is 16.6 Å². The first-order valence-electron chi connectivity index (χ1n) is 11.5. The van der Waals surface area contributed by atoms with Gasteiger partial charge in [0, 0.05) is 6.42 Å². The van der Waals surface area contributed by atoms with Crippen molar-refractivity contribution in [3.8, 4) is 0 Å². The predicted molar refractivity (Wildman–Crippen MR) is 111 cm³/mol. The summed E-state index contributed by atoms with van der Waals surface area (Å²) in [5.41, 5.74) is 2.18. The lowest BCUT2D eigenvalue weighted by atomic mass is 9.47. The van der Waals surface area contributed by atoms with Crippen molar-refractivity contribution in [2.45, 2.75) is 91.0 Å². The maximum Gasteiger partial charge on any atom is 0.303 e. The number of carboxylic acid groups (broad SMARTS) is 1. The van der Waals surface area contributed by atoms with Gasteiger partial charge in [-0.1, -0.05) is 37.6 Å². The molecule has 0 aromatic rings. The number of hydrogen-bond acceptors (Lipinski definition) is 3. The lowest BCUT2D eigenvalue weighted by Crippen LogP contribution is -2.50. The van der Waals surface area contributed by atoms with Crippen LogP contribution in [0.2, 0.25) is 0 Å². The van der Waals surface area contributed by atoms with E-state index in [1.54, 1.807) is 0 Å². The Bertz CT molecular complexity index is 673. The van der Waals surface area contributed by atoms with E-state index in [0.717, 1.165) is 43.4 Å². The number of aliphatic carboxylic acids is 1. The molecule has 3 saturated carbocycles. The van der Waals surface area contributed by atoms with Crippen LogP contribution in [0.5, 0.6) is 0 Å². The van der Waals surface area contributed by atoms with Crippen LogP contribution < -0.4 is 0 Å². The zero-order chi connectivity index (χ0) is 20.1. The largest absolute Gasteiger partial charge is 0.481 e. The fourth-order valence-corrected chi connectivity index (χ4v) is 8.26. The molecule has 0 saturated heterocycles. The lowest BCUT2D eigenvalue weighted by Gasteiger charge is -2.58. The number of rotatable bonds is 5. The molecule has 0 radical (unpaired) electrons. The van der Waals surface area contributed by atoms with E-state index in [-0.39, 0.29) is 11.5 Å². The second-order valence-corrected chi connectivity index (χ2v) is 10.9. The Morgan fingerprint density at radius 3 is 2.71 bits per heavy atom. The van der Waals surface area contributed by atoms with Gasteiger partial charge in [0.25, 0.3) is 0 Å². The number of carboxylic acids is 1. The van der Waals surface area contributed by atoms with Gasteiger partial charge in [-0.2, -0.15) is 4.91 Å². The summed E-state index contributed by atoms with van der Waals surface area (Å²) in [4.78, 5) is 22.1. The van der Waals surface area contributed by atoms with Gasteiger partial charge in [-0.05, 0) is 98.2 Å².